The number of thiocarbonyl (C=S) groups is 1. The highest BCUT2D eigenvalue weighted by Gasteiger charge is 2.22. The lowest BCUT2D eigenvalue weighted by Crippen LogP contribution is -2.48. The summed E-state index contributed by atoms with van der Waals surface area (Å²) in [6.45, 7) is 2.71. The number of amides is 2. The van der Waals surface area contributed by atoms with Crippen molar-refractivity contribution in [2.75, 3.05) is 36.4 Å². The first-order valence-electron chi connectivity index (χ1n) is 11.7. The highest BCUT2D eigenvalue weighted by atomic mass is 35.5. The van der Waals surface area contributed by atoms with Crippen LogP contribution in [0.1, 0.15) is 20.0 Å². The molecule has 5 rings (SSSR count). The highest BCUT2D eigenvalue weighted by Crippen LogP contribution is 2.36. The number of hydrogen-bond donors (Lipinski definition) is 2. The molecule has 0 saturated carbocycles. The van der Waals surface area contributed by atoms with Gasteiger partial charge in [0.2, 0.25) is 0 Å². The van der Waals surface area contributed by atoms with Crippen LogP contribution in [0.2, 0.25) is 15.1 Å². The predicted octanol–water partition coefficient (Wildman–Crippen LogP) is 6.95. The second kappa shape index (κ2) is 11.5. The number of benzene rings is 3. The number of carbonyl (C=O) groups excluding carboxylic acids is 2. The number of nitrogens with zero attached hydrogens (tertiary/aromatic N) is 2. The maximum atomic E-state index is 12.8. The van der Waals surface area contributed by atoms with Gasteiger partial charge in [0.05, 0.1) is 5.02 Å². The molecule has 0 bridgehead atoms. The van der Waals surface area contributed by atoms with E-state index in [1.165, 1.54) is 11.3 Å². The van der Waals surface area contributed by atoms with Crippen LogP contribution in [0.5, 0.6) is 0 Å². The zero-order valence-corrected chi connectivity index (χ0v) is 23.7. The summed E-state index contributed by atoms with van der Waals surface area (Å²) in [5.41, 5.74) is 2.42. The molecule has 1 fully saturated rings. The van der Waals surface area contributed by atoms with Crippen molar-refractivity contribution < 1.29 is 9.59 Å². The third-order valence-corrected chi connectivity index (χ3v) is 8.52. The molecule has 1 aliphatic rings. The average molecular weight is 604 g/mol. The number of piperazine rings is 1. The minimum absolute atomic E-state index is 0.0113. The first-order chi connectivity index (χ1) is 18.3. The zero-order valence-electron chi connectivity index (χ0n) is 19.8. The summed E-state index contributed by atoms with van der Waals surface area (Å²) in [7, 11) is 0. The lowest BCUT2D eigenvalue weighted by molar-refractivity contribution is 0.0746. The van der Waals surface area contributed by atoms with E-state index in [0.29, 0.717) is 38.6 Å². The lowest BCUT2D eigenvalue weighted by atomic mass is 10.1. The minimum atomic E-state index is -0.382. The Kier molecular flexibility index (Phi) is 8.07. The Morgan fingerprint density at radius 3 is 2.18 bits per heavy atom. The van der Waals surface area contributed by atoms with E-state index in [2.05, 4.69) is 15.5 Å². The highest BCUT2D eigenvalue weighted by molar-refractivity contribution is 7.80. The number of fused-ring (bicyclic) bond motifs is 1. The molecule has 0 spiro atoms. The van der Waals surface area contributed by atoms with Gasteiger partial charge in [0.15, 0.2) is 5.11 Å². The van der Waals surface area contributed by atoms with E-state index in [-0.39, 0.29) is 16.9 Å². The van der Waals surface area contributed by atoms with Gasteiger partial charge in [0.1, 0.15) is 4.88 Å². The van der Waals surface area contributed by atoms with E-state index in [4.69, 9.17) is 47.0 Å². The standard InChI is InChI=1S/C27H21Cl3N4O2S2/c28-17-3-1-16(2-4-17)26(36)34-13-11-33(12-14-34)20-8-6-19(7-9-20)31-27(37)32-25(35)24-23(30)21-10-5-18(29)15-22(21)38-24/h1-10,15H,11-14H2,(H2,31,32,35,37). The summed E-state index contributed by atoms with van der Waals surface area (Å²) in [6, 6.07) is 20.0. The molecule has 2 N–H and O–H groups in total. The van der Waals surface area contributed by atoms with Crippen molar-refractivity contribution in [1.29, 1.82) is 0 Å². The third kappa shape index (κ3) is 5.90. The number of anilines is 2. The van der Waals surface area contributed by atoms with Gasteiger partial charge in [0.25, 0.3) is 11.8 Å². The summed E-state index contributed by atoms with van der Waals surface area (Å²) in [6.07, 6.45) is 0. The monoisotopic (exact) mass is 602 g/mol. The van der Waals surface area contributed by atoms with Gasteiger partial charge in [-0.3, -0.25) is 14.9 Å². The summed E-state index contributed by atoms with van der Waals surface area (Å²) < 4.78 is 0.831. The molecule has 3 aromatic carbocycles. The van der Waals surface area contributed by atoms with Gasteiger partial charge in [-0.15, -0.1) is 11.3 Å². The Bertz CT molecular complexity index is 1520. The Morgan fingerprint density at radius 1 is 0.842 bits per heavy atom. The Labute approximate surface area is 244 Å². The van der Waals surface area contributed by atoms with Gasteiger partial charge in [-0.05, 0) is 72.9 Å². The summed E-state index contributed by atoms with van der Waals surface area (Å²) >= 11 is 25.0. The van der Waals surface area contributed by atoms with Gasteiger partial charge < -0.3 is 15.1 Å². The zero-order chi connectivity index (χ0) is 26.8. The number of hydrogen-bond acceptors (Lipinski definition) is 5. The molecule has 4 aromatic rings. The number of rotatable bonds is 4. The molecule has 0 aliphatic carbocycles. The topological polar surface area (TPSA) is 64.7 Å². The van der Waals surface area contributed by atoms with Crippen molar-refractivity contribution in [3.05, 3.63) is 92.2 Å². The summed E-state index contributed by atoms with van der Waals surface area (Å²) in [4.78, 5) is 30.0. The van der Waals surface area contributed by atoms with Crippen LogP contribution >= 0.6 is 58.4 Å². The Balaban J connectivity index is 1.15. The van der Waals surface area contributed by atoms with Gasteiger partial charge in [-0.1, -0.05) is 40.9 Å². The van der Waals surface area contributed by atoms with E-state index in [1.807, 2.05) is 29.2 Å². The van der Waals surface area contributed by atoms with Crippen molar-refractivity contribution in [2.45, 2.75) is 0 Å². The molecular weight excluding hydrogens is 583 g/mol. The number of nitrogens with one attached hydrogen (secondary N) is 2. The molecule has 1 aliphatic heterocycles. The minimum Gasteiger partial charge on any atom is -0.368 e. The van der Waals surface area contributed by atoms with Crippen molar-refractivity contribution in [2.24, 2.45) is 0 Å². The SMILES string of the molecule is O=C(NC(=S)Nc1ccc(N2CCN(C(=O)c3ccc(Cl)cc3)CC2)cc1)c1sc2cc(Cl)ccc2c1Cl. The molecule has 0 unspecified atom stereocenters. The van der Waals surface area contributed by atoms with Crippen LogP contribution in [0.15, 0.2) is 66.7 Å². The molecule has 2 amide bonds. The molecule has 6 nitrogen and oxygen atoms in total. The van der Waals surface area contributed by atoms with Gasteiger partial charge in [0, 0.05) is 63.2 Å². The van der Waals surface area contributed by atoms with E-state index in [9.17, 15) is 9.59 Å². The molecule has 194 valence electrons. The smallest absolute Gasteiger partial charge is 0.269 e. The molecule has 1 aromatic heterocycles. The van der Waals surface area contributed by atoms with E-state index in [0.717, 1.165) is 34.6 Å². The quantitative estimate of drug-likeness (QED) is 0.247. The van der Waals surface area contributed by atoms with E-state index in [1.54, 1.807) is 42.5 Å². The Morgan fingerprint density at radius 2 is 1.50 bits per heavy atom. The van der Waals surface area contributed by atoms with Gasteiger partial charge in [-0.25, -0.2) is 0 Å². The van der Waals surface area contributed by atoms with Crippen LogP contribution < -0.4 is 15.5 Å². The van der Waals surface area contributed by atoms with E-state index >= 15 is 0 Å². The maximum Gasteiger partial charge on any atom is 0.269 e. The number of halogens is 3. The fourth-order valence-electron chi connectivity index (χ4n) is 4.21. The molecule has 2 heterocycles. The fourth-order valence-corrected chi connectivity index (χ4v) is 6.23. The second-order valence-corrected chi connectivity index (χ2v) is 11.3. The maximum absolute atomic E-state index is 12.8. The molecular formula is C27H21Cl3N4O2S2. The Hall–Kier alpha value is -2.88. The van der Waals surface area contributed by atoms with Gasteiger partial charge >= 0.3 is 0 Å². The molecule has 1 saturated heterocycles. The van der Waals surface area contributed by atoms with Crippen molar-refractivity contribution in [3.63, 3.8) is 0 Å². The fraction of sp³-hybridized carbons (Fsp3) is 0.148. The summed E-state index contributed by atoms with van der Waals surface area (Å²) in [5.74, 6) is -0.371. The summed E-state index contributed by atoms with van der Waals surface area (Å²) in [5, 5.41) is 8.24. The van der Waals surface area contributed by atoms with Crippen molar-refractivity contribution in [3.8, 4) is 0 Å². The molecule has 38 heavy (non-hydrogen) atoms. The largest absolute Gasteiger partial charge is 0.368 e. The first-order valence-corrected chi connectivity index (χ1v) is 14.0. The van der Waals surface area contributed by atoms with Crippen LogP contribution in [0.3, 0.4) is 0 Å². The third-order valence-electron chi connectivity index (χ3n) is 6.17. The second-order valence-electron chi connectivity index (χ2n) is 8.63. The van der Waals surface area contributed by atoms with Crippen LogP contribution in [0.4, 0.5) is 11.4 Å². The van der Waals surface area contributed by atoms with Crippen molar-refractivity contribution >= 4 is 96.7 Å². The molecule has 11 heteroatoms. The van der Waals surface area contributed by atoms with Crippen LogP contribution in [0, 0.1) is 0 Å². The van der Waals surface area contributed by atoms with Gasteiger partial charge in [-0.2, -0.15) is 0 Å². The van der Waals surface area contributed by atoms with E-state index < -0.39 is 0 Å². The predicted molar refractivity (Wildman–Crippen MR) is 162 cm³/mol. The number of thiophene rings is 1. The molecule has 0 radical (unpaired) electrons. The lowest BCUT2D eigenvalue weighted by Gasteiger charge is -2.36. The average Bonchev–Trinajstić information content (AvgIpc) is 3.24. The van der Waals surface area contributed by atoms with Crippen LogP contribution in [-0.4, -0.2) is 48.0 Å². The van der Waals surface area contributed by atoms with Crippen LogP contribution in [0.25, 0.3) is 10.1 Å². The molecule has 0 atom stereocenters. The van der Waals surface area contributed by atoms with Crippen LogP contribution in [-0.2, 0) is 0 Å². The normalized spacial score (nSPS) is 13.4. The first kappa shape index (κ1) is 26.7. The van der Waals surface area contributed by atoms with Crippen molar-refractivity contribution in [1.82, 2.24) is 10.2 Å². The number of carbonyl (C=O) groups is 2.